The predicted octanol–water partition coefficient (Wildman–Crippen LogP) is -1.84. The van der Waals surface area contributed by atoms with E-state index >= 15 is 0 Å². The van der Waals surface area contributed by atoms with Crippen LogP contribution in [0.25, 0.3) is 0 Å². The lowest BCUT2D eigenvalue weighted by Gasteiger charge is -2.19. The summed E-state index contributed by atoms with van der Waals surface area (Å²) in [4.78, 5) is 0. The minimum Gasteiger partial charge on any atom is -0.394 e. The Bertz CT molecular complexity index is 194. The molecule has 0 rings (SSSR count). The lowest BCUT2D eigenvalue weighted by atomic mass is 10.1. The molecule has 102 valence electrons. The van der Waals surface area contributed by atoms with Crippen LogP contribution in [0.1, 0.15) is 6.92 Å². The fourth-order valence-electron chi connectivity index (χ4n) is 0.723. The molecule has 0 aromatic heterocycles. The summed E-state index contributed by atoms with van der Waals surface area (Å²) >= 11 is 0. The van der Waals surface area contributed by atoms with Gasteiger partial charge in [-0.2, -0.15) is 0 Å². The second kappa shape index (κ2) is 13.3. The molecule has 0 aliphatic rings. The first kappa shape index (κ1) is 18.6. The topological polar surface area (TPSA) is 121 Å². The van der Waals surface area contributed by atoms with Crippen LogP contribution >= 0.6 is 0 Å². The first-order valence-corrected chi connectivity index (χ1v) is 5.19. The van der Waals surface area contributed by atoms with Crippen molar-refractivity contribution < 1.29 is 30.6 Å². The fourth-order valence-corrected chi connectivity index (χ4v) is 0.723. The summed E-state index contributed by atoms with van der Waals surface area (Å²) in [6.45, 7) is 0.780. The average Bonchev–Trinajstić information content (AvgIpc) is 2.37. The summed E-state index contributed by atoms with van der Waals surface area (Å²) in [5, 5.41) is 50.7. The van der Waals surface area contributed by atoms with Gasteiger partial charge in [-0.25, -0.2) is 0 Å². The molecule has 17 heavy (non-hydrogen) atoms. The van der Waals surface area contributed by atoms with Crippen LogP contribution in [-0.4, -0.2) is 68.8 Å². The lowest BCUT2D eigenvalue weighted by Crippen LogP contribution is -2.41. The highest BCUT2D eigenvalue weighted by Gasteiger charge is 2.22. The zero-order valence-electron chi connectivity index (χ0n) is 9.85. The Morgan fingerprint density at radius 3 is 1.65 bits per heavy atom. The van der Waals surface area contributed by atoms with Gasteiger partial charge in [-0.1, -0.05) is 24.3 Å². The standard InChI is InChI=1S/C6H10O.C5H12O5/c1-2-3-4-5-6-7;6-1-3(8)5(10)4(9)2-7/h2-5,7H,6H2,1H3;3-10H,1-2H2/b3-2+,5-4+;. The molecule has 2 unspecified atom stereocenters. The average molecular weight is 250 g/mol. The summed E-state index contributed by atoms with van der Waals surface area (Å²) in [7, 11) is 0. The SMILES string of the molecule is C/C=C/C=C/CO.OCC(O)C(O)C(O)CO. The van der Waals surface area contributed by atoms with Gasteiger partial charge >= 0.3 is 0 Å². The third-order valence-corrected chi connectivity index (χ3v) is 1.71. The molecule has 0 fully saturated rings. The van der Waals surface area contributed by atoms with Gasteiger partial charge in [0.15, 0.2) is 0 Å². The van der Waals surface area contributed by atoms with E-state index in [-0.39, 0.29) is 6.61 Å². The minimum absolute atomic E-state index is 0.129. The molecule has 0 aliphatic heterocycles. The summed E-state index contributed by atoms with van der Waals surface area (Å²) < 4.78 is 0. The largest absolute Gasteiger partial charge is 0.394 e. The Balaban J connectivity index is 0. The van der Waals surface area contributed by atoms with E-state index in [1.54, 1.807) is 12.2 Å². The molecular weight excluding hydrogens is 228 g/mol. The Labute approximate surface area is 101 Å². The molecule has 6 nitrogen and oxygen atoms in total. The maximum Gasteiger partial charge on any atom is 0.110 e. The molecule has 0 spiro atoms. The molecule has 6 heteroatoms. The Kier molecular flexibility index (Phi) is 14.6. The van der Waals surface area contributed by atoms with Crippen molar-refractivity contribution in [3.8, 4) is 0 Å². The van der Waals surface area contributed by atoms with Gasteiger partial charge in [-0.05, 0) is 6.92 Å². The molecular formula is C11H22O6. The minimum atomic E-state index is -1.49. The predicted molar refractivity (Wildman–Crippen MR) is 63.2 cm³/mol. The second-order valence-electron chi connectivity index (χ2n) is 3.13. The van der Waals surface area contributed by atoms with E-state index in [4.69, 9.17) is 30.6 Å². The number of rotatable bonds is 6. The summed E-state index contributed by atoms with van der Waals surface area (Å²) in [6, 6.07) is 0. The van der Waals surface area contributed by atoms with Crippen molar-refractivity contribution in [2.45, 2.75) is 25.2 Å². The number of hydrogen-bond acceptors (Lipinski definition) is 6. The second-order valence-corrected chi connectivity index (χ2v) is 3.13. The molecule has 0 saturated heterocycles. The maximum atomic E-state index is 8.77. The van der Waals surface area contributed by atoms with E-state index < -0.39 is 31.5 Å². The van der Waals surface area contributed by atoms with E-state index in [2.05, 4.69) is 0 Å². The van der Waals surface area contributed by atoms with E-state index in [1.807, 2.05) is 19.1 Å². The van der Waals surface area contributed by atoms with Gasteiger partial charge in [0.1, 0.15) is 18.3 Å². The molecule has 0 aromatic carbocycles. The van der Waals surface area contributed by atoms with Crippen molar-refractivity contribution in [2.24, 2.45) is 0 Å². The van der Waals surface area contributed by atoms with E-state index in [0.29, 0.717) is 0 Å². The summed E-state index contributed by atoms with van der Waals surface area (Å²) in [5.41, 5.74) is 0. The molecule has 0 aliphatic carbocycles. The first-order valence-electron chi connectivity index (χ1n) is 5.19. The monoisotopic (exact) mass is 250 g/mol. The highest BCUT2D eigenvalue weighted by molar-refractivity contribution is 5.00. The van der Waals surface area contributed by atoms with Crippen LogP contribution in [0.2, 0.25) is 0 Å². The van der Waals surface area contributed by atoms with Gasteiger partial charge < -0.3 is 30.6 Å². The van der Waals surface area contributed by atoms with Crippen molar-refractivity contribution in [3.05, 3.63) is 24.3 Å². The maximum absolute atomic E-state index is 8.77. The molecule has 0 heterocycles. The van der Waals surface area contributed by atoms with Gasteiger partial charge in [-0.15, -0.1) is 0 Å². The van der Waals surface area contributed by atoms with Crippen LogP contribution in [0.15, 0.2) is 24.3 Å². The zero-order chi connectivity index (χ0) is 13.7. The zero-order valence-corrected chi connectivity index (χ0v) is 9.85. The summed E-state index contributed by atoms with van der Waals surface area (Å²) in [6.07, 6.45) is 2.97. The lowest BCUT2D eigenvalue weighted by molar-refractivity contribution is -0.0900. The van der Waals surface area contributed by atoms with Crippen LogP contribution in [0, 0.1) is 0 Å². The quantitative estimate of drug-likeness (QED) is 0.308. The van der Waals surface area contributed by atoms with E-state index in [0.717, 1.165) is 0 Å². The highest BCUT2D eigenvalue weighted by atomic mass is 16.4. The van der Waals surface area contributed by atoms with Crippen molar-refractivity contribution >= 4 is 0 Å². The smallest absolute Gasteiger partial charge is 0.110 e. The van der Waals surface area contributed by atoms with Crippen molar-refractivity contribution in [1.82, 2.24) is 0 Å². The van der Waals surface area contributed by atoms with E-state index in [1.165, 1.54) is 0 Å². The Hall–Kier alpha value is -0.760. The number of aliphatic hydroxyl groups is 6. The first-order chi connectivity index (χ1) is 8.04. The molecule has 6 N–H and O–H groups in total. The van der Waals surface area contributed by atoms with Crippen LogP contribution in [-0.2, 0) is 0 Å². The van der Waals surface area contributed by atoms with Gasteiger partial charge in [0.05, 0.1) is 19.8 Å². The van der Waals surface area contributed by atoms with Gasteiger partial charge in [0.2, 0.25) is 0 Å². The molecule has 0 saturated carbocycles. The van der Waals surface area contributed by atoms with Crippen LogP contribution in [0.3, 0.4) is 0 Å². The van der Waals surface area contributed by atoms with Crippen molar-refractivity contribution in [1.29, 1.82) is 0 Å². The Morgan fingerprint density at radius 1 is 0.882 bits per heavy atom. The normalized spacial score (nSPS) is 16.6. The highest BCUT2D eigenvalue weighted by Crippen LogP contribution is 1.97. The number of aliphatic hydroxyl groups excluding tert-OH is 6. The van der Waals surface area contributed by atoms with Gasteiger partial charge in [-0.3, -0.25) is 0 Å². The van der Waals surface area contributed by atoms with Crippen LogP contribution in [0.4, 0.5) is 0 Å². The third kappa shape index (κ3) is 11.5. The fraction of sp³-hybridized carbons (Fsp3) is 0.636. The third-order valence-electron chi connectivity index (χ3n) is 1.71. The van der Waals surface area contributed by atoms with Gasteiger partial charge in [0.25, 0.3) is 0 Å². The number of hydrogen-bond donors (Lipinski definition) is 6. The van der Waals surface area contributed by atoms with Gasteiger partial charge in [0, 0.05) is 0 Å². The molecule has 0 radical (unpaired) electrons. The summed E-state index contributed by atoms with van der Waals surface area (Å²) in [5.74, 6) is 0. The van der Waals surface area contributed by atoms with Crippen molar-refractivity contribution in [2.75, 3.05) is 19.8 Å². The Morgan fingerprint density at radius 2 is 1.35 bits per heavy atom. The molecule has 0 bridgehead atoms. The molecule has 0 amide bonds. The molecule has 2 atom stereocenters. The van der Waals surface area contributed by atoms with Crippen LogP contribution < -0.4 is 0 Å². The van der Waals surface area contributed by atoms with E-state index in [9.17, 15) is 0 Å². The van der Waals surface area contributed by atoms with Crippen molar-refractivity contribution in [3.63, 3.8) is 0 Å². The number of allylic oxidation sites excluding steroid dienone is 3. The van der Waals surface area contributed by atoms with Crippen LogP contribution in [0.5, 0.6) is 0 Å². The molecule has 0 aromatic rings.